The van der Waals surface area contributed by atoms with Crippen molar-refractivity contribution in [3.8, 4) is 0 Å². The van der Waals surface area contributed by atoms with Crippen LogP contribution in [0.5, 0.6) is 0 Å². The number of carbonyl (C=O) groups excluding carboxylic acids is 1. The number of sulfonamides is 1. The van der Waals surface area contributed by atoms with Gasteiger partial charge in [-0.25, -0.2) is 8.42 Å². The lowest BCUT2D eigenvalue weighted by molar-refractivity contribution is -0.0629. The molecule has 6 nitrogen and oxygen atoms in total. The summed E-state index contributed by atoms with van der Waals surface area (Å²) in [4.78, 5) is 15.4. The first-order valence-corrected chi connectivity index (χ1v) is 13.6. The van der Waals surface area contributed by atoms with Gasteiger partial charge in [0.05, 0.1) is 17.1 Å². The van der Waals surface area contributed by atoms with Gasteiger partial charge in [-0.05, 0) is 93.7 Å². The quantitative estimate of drug-likeness (QED) is 0.671. The Labute approximate surface area is 192 Å². The van der Waals surface area contributed by atoms with Gasteiger partial charge >= 0.3 is 0 Å². The molecular formula is C25H36N2O4S. The molecule has 0 aromatic heterocycles. The molecule has 1 aromatic carbocycles. The second-order valence-electron chi connectivity index (χ2n) is 11.2. The van der Waals surface area contributed by atoms with E-state index in [0.717, 1.165) is 24.3 Å². The molecular weight excluding hydrogens is 424 g/mol. The molecule has 0 unspecified atom stereocenters. The molecule has 1 heterocycles. The van der Waals surface area contributed by atoms with Crippen LogP contribution in [0.3, 0.4) is 0 Å². The van der Waals surface area contributed by atoms with E-state index in [1.54, 1.807) is 24.3 Å². The largest absolute Gasteiger partial charge is 0.373 e. The van der Waals surface area contributed by atoms with Gasteiger partial charge in [0.15, 0.2) is 0 Å². The third-order valence-corrected chi connectivity index (χ3v) is 10.0. The van der Waals surface area contributed by atoms with Crippen LogP contribution in [0.25, 0.3) is 0 Å². The molecule has 1 aromatic rings. The van der Waals surface area contributed by atoms with E-state index in [-0.39, 0.29) is 28.4 Å². The monoisotopic (exact) mass is 460 g/mol. The summed E-state index contributed by atoms with van der Waals surface area (Å²) in [5.41, 5.74) is 0.718. The zero-order valence-electron chi connectivity index (χ0n) is 19.5. The number of hydrogen-bond acceptors (Lipinski definition) is 4. The maximum Gasteiger partial charge on any atom is 0.253 e. The van der Waals surface area contributed by atoms with Gasteiger partial charge in [0, 0.05) is 32.2 Å². The Hall–Kier alpha value is -1.44. The third-order valence-electron chi connectivity index (χ3n) is 8.19. The first-order chi connectivity index (χ1) is 15.1. The molecule has 0 radical (unpaired) electrons. The Bertz CT molecular complexity index is 946. The molecule has 1 saturated heterocycles. The van der Waals surface area contributed by atoms with E-state index < -0.39 is 10.0 Å². The molecule has 6 rings (SSSR count). The summed E-state index contributed by atoms with van der Waals surface area (Å²) in [5, 5.41) is 0. The van der Waals surface area contributed by atoms with E-state index in [1.807, 2.05) is 25.8 Å². The Morgan fingerprint density at radius 3 is 2.19 bits per heavy atom. The van der Waals surface area contributed by atoms with Gasteiger partial charge < -0.3 is 9.64 Å². The van der Waals surface area contributed by atoms with Crippen LogP contribution in [-0.2, 0) is 14.8 Å². The van der Waals surface area contributed by atoms with Crippen molar-refractivity contribution in [2.24, 2.45) is 23.2 Å². The van der Waals surface area contributed by atoms with Crippen molar-refractivity contribution in [1.82, 2.24) is 9.21 Å². The second-order valence-corrected chi connectivity index (χ2v) is 13.1. The fourth-order valence-corrected chi connectivity index (χ4v) is 9.18. The Kier molecular flexibility index (Phi) is 5.66. The van der Waals surface area contributed by atoms with Gasteiger partial charge in [0.2, 0.25) is 10.0 Å². The first-order valence-electron chi connectivity index (χ1n) is 12.1. The van der Waals surface area contributed by atoms with Gasteiger partial charge in [-0.15, -0.1) is 0 Å². The predicted octanol–water partition coefficient (Wildman–Crippen LogP) is 3.77. The molecule has 176 valence electrons. The number of ether oxygens (including phenoxy) is 1. The summed E-state index contributed by atoms with van der Waals surface area (Å²) in [6.45, 7) is 5.22. The smallest absolute Gasteiger partial charge is 0.253 e. The van der Waals surface area contributed by atoms with Crippen LogP contribution < -0.4 is 0 Å². The van der Waals surface area contributed by atoms with Gasteiger partial charge in [-0.1, -0.05) is 6.07 Å². The summed E-state index contributed by atoms with van der Waals surface area (Å²) in [6, 6.07) is 6.57. The number of benzene rings is 1. The zero-order valence-corrected chi connectivity index (χ0v) is 20.3. The maximum atomic E-state index is 13.3. The van der Waals surface area contributed by atoms with Crippen LogP contribution in [0.15, 0.2) is 29.2 Å². The molecule has 1 aliphatic heterocycles. The Morgan fingerprint density at radius 1 is 1.06 bits per heavy atom. The van der Waals surface area contributed by atoms with Crippen molar-refractivity contribution in [1.29, 1.82) is 0 Å². The topological polar surface area (TPSA) is 66.9 Å². The highest BCUT2D eigenvalue weighted by molar-refractivity contribution is 7.89. The molecule has 4 bridgehead atoms. The van der Waals surface area contributed by atoms with E-state index >= 15 is 0 Å². The fraction of sp³-hybridized carbons (Fsp3) is 0.720. The van der Waals surface area contributed by atoms with Crippen molar-refractivity contribution in [2.45, 2.75) is 69.5 Å². The van der Waals surface area contributed by atoms with Crippen LogP contribution in [0, 0.1) is 23.2 Å². The van der Waals surface area contributed by atoms with Gasteiger partial charge in [-0.3, -0.25) is 4.79 Å². The molecule has 0 spiro atoms. The Balaban J connectivity index is 1.32. The van der Waals surface area contributed by atoms with Crippen LogP contribution in [-0.4, -0.2) is 62.4 Å². The number of nitrogens with zero attached hydrogens (tertiary/aromatic N) is 2. The minimum absolute atomic E-state index is 0.0819. The third kappa shape index (κ3) is 4.12. The average Bonchev–Trinajstić information content (AvgIpc) is 2.71. The average molecular weight is 461 g/mol. The van der Waals surface area contributed by atoms with Gasteiger partial charge in [0.25, 0.3) is 5.91 Å². The molecule has 4 saturated carbocycles. The number of carbonyl (C=O) groups is 1. The lowest BCUT2D eigenvalue weighted by Gasteiger charge is -2.57. The highest BCUT2D eigenvalue weighted by atomic mass is 32.2. The highest BCUT2D eigenvalue weighted by Gasteiger charge is 2.51. The lowest BCUT2D eigenvalue weighted by Crippen LogP contribution is -2.51. The minimum Gasteiger partial charge on any atom is -0.373 e. The SMILES string of the molecule is C[C@@H]1CN(S(=O)(=O)c2cccc(C(=O)N(C)CC34CC5CC(CC(C5)C3)C4)c2)C[C@H](C)O1. The molecule has 4 aliphatic carbocycles. The van der Waals surface area contributed by atoms with Crippen molar-refractivity contribution in [2.75, 3.05) is 26.7 Å². The summed E-state index contributed by atoms with van der Waals surface area (Å²) >= 11 is 0. The van der Waals surface area contributed by atoms with Gasteiger partial charge in [0.1, 0.15) is 0 Å². The standard InChI is InChI=1S/C25H36N2O4S/c1-17-14-27(15-18(2)31-17)32(29,30)23-6-4-5-22(10-23)24(28)26(3)16-25-11-19-7-20(12-25)9-21(8-19)13-25/h4-6,10,17-21H,7-9,11-16H2,1-3H3/t17-,18+,19?,20?,21?,25?. The van der Waals surface area contributed by atoms with Crippen LogP contribution in [0.1, 0.15) is 62.7 Å². The Morgan fingerprint density at radius 2 is 1.62 bits per heavy atom. The number of morpholine rings is 1. The number of hydrogen-bond donors (Lipinski definition) is 0. The lowest BCUT2D eigenvalue weighted by atomic mass is 9.49. The van der Waals surface area contributed by atoms with Crippen LogP contribution >= 0.6 is 0 Å². The molecule has 5 aliphatic rings. The molecule has 2 atom stereocenters. The van der Waals surface area contributed by atoms with Crippen molar-refractivity contribution in [3.05, 3.63) is 29.8 Å². The molecule has 0 N–H and O–H groups in total. The van der Waals surface area contributed by atoms with Crippen molar-refractivity contribution >= 4 is 15.9 Å². The molecule has 7 heteroatoms. The predicted molar refractivity (Wildman–Crippen MR) is 123 cm³/mol. The van der Waals surface area contributed by atoms with E-state index in [9.17, 15) is 13.2 Å². The highest BCUT2D eigenvalue weighted by Crippen LogP contribution is 2.60. The summed E-state index contributed by atoms with van der Waals surface area (Å²) in [7, 11) is -1.79. The van der Waals surface area contributed by atoms with E-state index in [2.05, 4.69) is 0 Å². The summed E-state index contributed by atoms with van der Waals surface area (Å²) in [6.07, 6.45) is 7.60. The molecule has 32 heavy (non-hydrogen) atoms. The summed E-state index contributed by atoms with van der Waals surface area (Å²) in [5.74, 6) is 2.45. The molecule has 1 amide bonds. The van der Waals surface area contributed by atoms with E-state index in [4.69, 9.17) is 4.74 Å². The fourth-order valence-electron chi connectivity index (χ4n) is 7.54. The summed E-state index contributed by atoms with van der Waals surface area (Å²) < 4.78 is 33.7. The van der Waals surface area contributed by atoms with Crippen LogP contribution in [0.4, 0.5) is 0 Å². The second kappa shape index (κ2) is 8.10. The first kappa shape index (κ1) is 22.4. The van der Waals surface area contributed by atoms with E-state index in [0.29, 0.717) is 18.7 Å². The van der Waals surface area contributed by atoms with Crippen molar-refractivity contribution < 1.29 is 17.9 Å². The van der Waals surface area contributed by atoms with Gasteiger partial charge in [-0.2, -0.15) is 4.31 Å². The number of amides is 1. The minimum atomic E-state index is -3.67. The number of rotatable bonds is 5. The normalized spacial score (nSPS) is 36.9. The molecule has 5 fully saturated rings. The maximum absolute atomic E-state index is 13.3. The van der Waals surface area contributed by atoms with Crippen molar-refractivity contribution in [3.63, 3.8) is 0 Å². The van der Waals surface area contributed by atoms with E-state index in [1.165, 1.54) is 42.8 Å². The zero-order chi connectivity index (χ0) is 22.7. The van der Waals surface area contributed by atoms with Crippen LogP contribution in [0.2, 0.25) is 0 Å².